The number of aliphatic hydroxyl groups excluding tert-OH is 2. The molecule has 1 aliphatic carbocycles. The van der Waals surface area contributed by atoms with Crippen molar-refractivity contribution in [1.82, 2.24) is 5.32 Å². The summed E-state index contributed by atoms with van der Waals surface area (Å²) in [5.41, 5.74) is 4.26. The van der Waals surface area contributed by atoms with E-state index in [0.717, 1.165) is 28.3 Å². The lowest BCUT2D eigenvalue weighted by Gasteiger charge is -2.21. The van der Waals surface area contributed by atoms with Crippen LogP contribution < -0.4 is 5.32 Å². The Balaban J connectivity index is 1.36. The van der Waals surface area contributed by atoms with E-state index in [-0.39, 0.29) is 34.1 Å². The lowest BCUT2D eigenvalue weighted by Crippen LogP contribution is -2.36. The highest BCUT2D eigenvalue weighted by Crippen LogP contribution is 2.44. The van der Waals surface area contributed by atoms with Crippen LogP contribution in [0.1, 0.15) is 28.7 Å². The summed E-state index contributed by atoms with van der Waals surface area (Å²) in [5.74, 6) is -0.861. The van der Waals surface area contributed by atoms with Crippen LogP contribution in [0.3, 0.4) is 0 Å². The van der Waals surface area contributed by atoms with Crippen molar-refractivity contribution in [3.8, 4) is 11.1 Å². The van der Waals surface area contributed by atoms with Gasteiger partial charge in [-0.2, -0.15) is 0 Å². The first-order valence-corrected chi connectivity index (χ1v) is 11.1. The van der Waals surface area contributed by atoms with E-state index in [2.05, 4.69) is 21.2 Å². The second-order valence-corrected chi connectivity index (χ2v) is 8.79. The molecule has 4 rings (SSSR count). The molecule has 2 unspecified atom stereocenters. The predicted molar refractivity (Wildman–Crippen MR) is 123 cm³/mol. The van der Waals surface area contributed by atoms with E-state index in [4.69, 9.17) is 16.3 Å². The molecule has 0 aliphatic heterocycles. The second kappa shape index (κ2) is 9.58. The van der Waals surface area contributed by atoms with Gasteiger partial charge >= 0.3 is 6.09 Å². The van der Waals surface area contributed by atoms with Crippen LogP contribution in [0.15, 0.2) is 65.1 Å². The molecule has 1 aliphatic rings. The monoisotopic (exact) mass is 519 g/mol. The first-order chi connectivity index (χ1) is 15.4. The summed E-state index contributed by atoms with van der Waals surface area (Å²) in [4.78, 5) is 12.2. The number of halogens is 3. The molecule has 1 amide bonds. The molecule has 3 N–H and O–H groups in total. The number of fused-ring (bicyclic) bond motifs is 3. The van der Waals surface area contributed by atoms with Gasteiger partial charge in [0.25, 0.3) is 0 Å². The summed E-state index contributed by atoms with van der Waals surface area (Å²) < 4.78 is 19.8. The first kappa shape index (κ1) is 22.7. The Morgan fingerprint density at radius 3 is 2.28 bits per heavy atom. The fourth-order valence-electron chi connectivity index (χ4n) is 3.98. The Bertz CT molecular complexity index is 1090. The Kier molecular flexibility index (Phi) is 6.81. The number of aliphatic hydroxyl groups is 2. The average molecular weight is 521 g/mol. The number of hydrogen-bond donors (Lipinski definition) is 3. The maximum Gasteiger partial charge on any atom is 0.407 e. The largest absolute Gasteiger partial charge is 0.449 e. The molecule has 3 aromatic carbocycles. The minimum Gasteiger partial charge on any atom is -0.449 e. The van der Waals surface area contributed by atoms with Gasteiger partial charge in [0.15, 0.2) is 0 Å². The van der Waals surface area contributed by atoms with Gasteiger partial charge in [0.05, 0.1) is 0 Å². The molecular formula is C24H20BrClFNO4. The zero-order chi connectivity index (χ0) is 22.8. The number of nitrogens with one attached hydrogen (secondary N) is 1. The molecule has 0 radical (unpaired) electrons. The lowest BCUT2D eigenvalue weighted by atomic mass is 9.98. The highest BCUT2D eigenvalue weighted by atomic mass is 79.9. The van der Waals surface area contributed by atoms with Gasteiger partial charge < -0.3 is 20.3 Å². The van der Waals surface area contributed by atoms with E-state index in [1.54, 1.807) is 0 Å². The molecule has 8 heteroatoms. The smallest absolute Gasteiger partial charge is 0.407 e. The van der Waals surface area contributed by atoms with E-state index < -0.39 is 24.1 Å². The zero-order valence-corrected chi connectivity index (χ0v) is 19.1. The van der Waals surface area contributed by atoms with Gasteiger partial charge in [-0.1, -0.05) is 76.1 Å². The molecule has 3 aromatic rings. The Morgan fingerprint density at radius 2 is 1.69 bits per heavy atom. The molecule has 0 saturated heterocycles. The van der Waals surface area contributed by atoms with Gasteiger partial charge in [-0.25, -0.2) is 9.18 Å². The molecule has 0 bridgehead atoms. The quantitative estimate of drug-likeness (QED) is 0.419. The van der Waals surface area contributed by atoms with Crippen molar-refractivity contribution < 1.29 is 24.1 Å². The third-order valence-corrected chi connectivity index (χ3v) is 6.38. The highest BCUT2D eigenvalue weighted by molar-refractivity contribution is 9.10. The Morgan fingerprint density at radius 1 is 1.09 bits per heavy atom. The van der Waals surface area contributed by atoms with E-state index in [9.17, 15) is 19.4 Å². The van der Waals surface area contributed by atoms with Gasteiger partial charge in [0.2, 0.25) is 0 Å². The predicted octanol–water partition coefficient (Wildman–Crippen LogP) is 5.17. The summed E-state index contributed by atoms with van der Waals surface area (Å²) >= 11 is 8.90. The molecule has 0 heterocycles. The number of ether oxygens (including phenoxy) is 1. The van der Waals surface area contributed by atoms with Gasteiger partial charge in [0.1, 0.15) is 24.6 Å². The van der Waals surface area contributed by atoms with Gasteiger partial charge in [0, 0.05) is 27.5 Å². The summed E-state index contributed by atoms with van der Waals surface area (Å²) in [6, 6.07) is 18.4. The molecule has 0 spiro atoms. The highest BCUT2D eigenvalue weighted by Gasteiger charge is 2.29. The number of carbonyl (C=O) groups excluding carboxylic acids is 1. The standard InChI is InChI=1S/C24H20BrClFNO4/c25-19-9-13(26)10-20(27)22(19)23(30)21(29)11-28-24(31)32-12-18-16-7-3-1-5-14(16)15-6-2-4-8-17(15)18/h1-10,18,21,23,29-30H,11-12H2,(H,28,31). The van der Waals surface area contributed by atoms with Crippen molar-refractivity contribution in [1.29, 1.82) is 0 Å². The minimum absolute atomic E-state index is 0.0946. The number of rotatable bonds is 6. The van der Waals surface area contributed by atoms with Crippen molar-refractivity contribution in [2.24, 2.45) is 0 Å². The van der Waals surface area contributed by atoms with Crippen molar-refractivity contribution in [2.75, 3.05) is 13.2 Å². The normalized spacial score (nSPS) is 14.4. The van der Waals surface area contributed by atoms with Crippen molar-refractivity contribution in [2.45, 2.75) is 18.1 Å². The van der Waals surface area contributed by atoms with Crippen LogP contribution in [-0.4, -0.2) is 35.6 Å². The molecular weight excluding hydrogens is 501 g/mol. The van der Waals surface area contributed by atoms with Crippen LogP contribution in [0.2, 0.25) is 5.02 Å². The van der Waals surface area contributed by atoms with Crippen molar-refractivity contribution >= 4 is 33.6 Å². The SMILES string of the molecule is O=C(NCC(O)C(O)c1c(F)cc(Cl)cc1Br)OCC1c2ccccc2-c2ccccc21. The van der Waals surface area contributed by atoms with Crippen LogP contribution >= 0.6 is 27.5 Å². The third-order valence-electron chi connectivity index (χ3n) is 5.50. The van der Waals surface area contributed by atoms with E-state index >= 15 is 0 Å². The van der Waals surface area contributed by atoms with Gasteiger partial charge in [-0.3, -0.25) is 0 Å². The summed E-state index contributed by atoms with van der Waals surface area (Å²) in [6.07, 6.45) is -3.77. The van der Waals surface area contributed by atoms with E-state index in [0.29, 0.717) is 0 Å². The minimum atomic E-state index is -1.57. The summed E-state index contributed by atoms with van der Waals surface area (Å²) in [7, 11) is 0. The maximum atomic E-state index is 14.2. The number of hydrogen-bond acceptors (Lipinski definition) is 4. The maximum absolute atomic E-state index is 14.2. The molecule has 32 heavy (non-hydrogen) atoms. The third kappa shape index (κ3) is 4.52. The summed E-state index contributed by atoms with van der Waals surface area (Å²) in [6.45, 7) is -0.206. The van der Waals surface area contributed by atoms with Crippen LogP contribution in [-0.2, 0) is 4.74 Å². The topological polar surface area (TPSA) is 78.8 Å². The number of amides is 1. The zero-order valence-electron chi connectivity index (χ0n) is 16.8. The fourth-order valence-corrected chi connectivity index (χ4v) is 4.98. The number of carbonyl (C=O) groups is 1. The van der Waals surface area contributed by atoms with E-state index in [1.807, 2.05) is 48.5 Å². The molecule has 5 nitrogen and oxygen atoms in total. The van der Waals surface area contributed by atoms with Crippen molar-refractivity contribution in [3.05, 3.63) is 92.7 Å². The Labute approximate surface area is 197 Å². The second-order valence-electron chi connectivity index (χ2n) is 7.50. The summed E-state index contributed by atoms with van der Waals surface area (Å²) in [5, 5.41) is 23.1. The average Bonchev–Trinajstić information content (AvgIpc) is 3.09. The molecule has 0 fully saturated rings. The first-order valence-electron chi connectivity index (χ1n) is 9.96. The van der Waals surface area contributed by atoms with Gasteiger partial charge in [-0.15, -0.1) is 0 Å². The van der Waals surface area contributed by atoms with Crippen LogP contribution in [0.25, 0.3) is 11.1 Å². The molecule has 0 aromatic heterocycles. The fraction of sp³-hybridized carbons (Fsp3) is 0.208. The number of benzene rings is 3. The van der Waals surface area contributed by atoms with Gasteiger partial charge in [-0.05, 0) is 34.4 Å². The van der Waals surface area contributed by atoms with Crippen LogP contribution in [0.5, 0.6) is 0 Å². The van der Waals surface area contributed by atoms with Crippen molar-refractivity contribution in [3.63, 3.8) is 0 Å². The lowest BCUT2D eigenvalue weighted by molar-refractivity contribution is 0.0161. The number of alkyl carbamates (subject to hydrolysis) is 1. The Hall–Kier alpha value is -2.45. The van der Waals surface area contributed by atoms with Crippen LogP contribution in [0, 0.1) is 5.82 Å². The molecule has 2 atom stereocenters. The van der Waals surface area contributed by atoms with Crippen LogP contribution in [0.4, 0.5) is 9.18 Å². The molecule has 166 valence electrons. The molecule has 0 saturated carbocycles. The van der Waals surface area contributed by atoms with E-state index in [1.165, 1.54) is 6.07 Å².